The average Bonchev–Trinajstić information content (AvgIpc) is 3.13. The fourth-order valence-corrected chi connectivity index (χ4v) is 5.01. The zero-order valence-corrected chi connectivity index (χ0v) is 18.7. The molecule has 2 amide bonds. The van der Waals surface area contributed by atoms with E-state index in [4.69, 9.17) is 0 Å². The molecule has 0 aliphatic heterocycles. The maximum Gasteiger partial charge on any atom is 0.237 e. The number of carbonyl (C=O) groups excluding carboxylic acids is 3. The zero-order chi connectivity index (χ0) is 21.7. The fraction of sp³-hybridized carbons (Fsp3) is 0.273. The molecule has 1 heterocycles. The minimum Gasteiger partial charge on any atom is -0.326 e. The molecule has 0 aliphatic carbocycles. The molecule has 0 fully saturated rings. The number of thiazole rings is 1. The normalized spacial score (nSPS) is 11.8. The number of ketones is 1. The highest BCUT2D eigenvalue weighted by molar-refractivity contribution is 8.02. The zero-order valence-electron chi connectivity index (χ0n) is 17.0. The predicted molar refractivity (Wildman–Crippen MR) is 124 cm³/mol. The first kappa shape index (κ1) is 22.0. The number of thioether (sulfide) groups is 1. The maximum absolute atomic E-state index is 12.7. The summed E-state index contributed by atoms with van der Waals surface area (Å²) in [6.45, 7) is 5.28. The molecule has 2 N–H and O–H groups in total. The second-order valence-corrected chi connectivity index (χ2v) is 9.18. The van der Waals surface area contributed by atoms with E-state index in [9.17, 15) is 14.4 Å². The number of nitrogens with one attached hydrogen (secondary N) is 2. The van der Waals surface area contributed by atoms with Gasteiger partial charge in [-0.2, -0.15) is 0 Å². The molecule has 2 aromatic carbocycles. The van der Waals surface area contributed by atoms with E-state index < -0.39 is 0 Å². The Morgan fingerprint density at radius 1 is 1.03 bits per heavy atom. The number of hydrogen-bond donors (Lipinski definition) is 2. The first-order valence-electron chi connectivity index (χ1n) is 9.68. The van der Waals surface area contributed by atoms with E-state index in [1.165, 1.54) is 30.0 Å². The van der Waals surface area contributed by atoms with Crippen LogP contribution < -0.4 is 10.6 Å². The van der Waals surface area contributed by atoms with Gasteiger partial charge in [-0.1, -0.05) is 25.6 Å². The number of carbonyl (C=O) groups is 3. The van der Waals surface area contributed by atoms with E-state index in [1.54, 1.807) is 24.3 Å². The van der Waals surface area contributed by atoms with Gasteiger partial charge in [0, 0.05) is 23.4 Å². The smallest absolute Gasteiger partial charge is 0.237 e. The molecule has 0 aliphatic rings. The largest absolute Gasteiger partial charge is 0.326 e. The van der Waals surface area contributed by atoms with Gasteiger partial charge in [-0.05, 0) is 55.8 Å². The second-order valence-electron chi connectivity index (χ2n) is 6.70. The van der Waals surface area contributed by atoms with Crippen molar-refractivity contribution in [1.82, 2.24) is 4.98 Å². The summed E-state index contributed by atoms with van der Waals surface area (Å²) in [5, 5.41) is 5.46. The summed E-state index contributed by atoms with van der Waals surface area (Å²) in [5.41, 5.74) is 2.85. The quantitative estimate of drug-likeness (QED) is 0.363. The van der Waals surface area contributed by atoms with Gasteiger partial charge in [0.2, 0.25) is 11.8 Å². The van der Waals surface area contributed by atoms with Crippen molar-refractivity contribution in [1.29, 1.82) is 0 Å². The number of Topliss-reactive ketones (excluding diaryl/α,β-unsaturated/α-hetero) is 1. The SMILES string of the molecule is CCC(=O)Nc1ccc2nc(SC(CC)C(=O)Nc3ccc(C(C)=O)cc3)sc2c1. The molecule has 8 heteroatoms. The summed E-state index contributed by atoms with van der Waals surface area (Å²) in [5.74, 6) is -0.149. The van der Waals surface area contributed by atoms with E-state index >= 15 is 0 Å². The number of amides is 2. The van der Waals surface area contributed by atoms with Crippen molar-refractivity contribution >= 4 is 62.3 Å². The molecule has 156 valence electrons. The monoisotopic (exact) mass is 441 g/mol. The van der Waals surface area contributed by atoms with Gasteiger partial charge in [0.25, 0.3) is 0 Å². The molecule has 0 bridgehead atoms. The minimum atomic E-state index is -0.294. The molecule has 1 atom stereocenters. The van der Waals surface area contributed by atoms with Crippen LogP contribution >= 0.6 is 23.1 Å². The van der Waals surface area contributed by atoms with Crippen LogP contribution in [-0.4, -0.2) is 27.8 Å². The summed E-state index contributed by atoms with van der Waals surface area (Å²) >= 11 is 2.93. The highest BCUT2D eigenvalue weighted by Gasteiger charge is 2.20. The third-order valence-electron chi connectivity index (χ3n) is 4.44. The Kier molecular flexibility index (Phi) is 7.23. The number of aromatic nitrogens is 1. The van der Waals surface area contributed by atoms with Crippen LogP contribution in [0, 0.1) is 0 Å². The van der Waals surface area contributed by atoms with Crippen molar-refractivity contribution in [3.63, 3.8) is 0 Å². The fourth-order valence-electron chi connectivity index (χ4n) is 2.74. The Hall–Kier alpha value is -2.71. The molecule has 30 heavy (non-hydrogen) atoms. The third kappa shape index (κ3) is 5.46. The van der Waals surface area contributed by atoms with Crippen LogP contribution in [0.15, 0.2) is 46.8 Å². The third-order valence-corrected chi connectivity index (χ3v) is 6.92. The second kappa shape index (κ2) is 9.86. The van der Waals surface area contributed by atoms with Crippen LogP contribution in [0.4, 0.5) is 11.4 Å². The van der Waals surface area contributed by atoms with Gasteiger partial charge in [-0.25, -0.2) is 4.98 Å². The van der Waals surface area contributed by atoms with Gasteiger partial charge in [-0.15, -0.1) is 11.3 Å². The van der Waals surface area contributed by atoms with Crippen molar-refractivity contribution in [2.24, 2.45) is 0 Å². The Morgan fingerprint density at radius 3 is 2.37 bits per heavy atom. The van der Waals surface area contributed by atoms with Gasteiger partial charge in [0.05, 0.1) is 15.5 Å². The van der Waals surface area contributed by atoms with Crippen molar-refractivity contribution in [3.05, 3.63) is 48.0 Å². The molecule has 0 radical (unpaired) electrons. The molecule has 0 spiro atoms. The molecule has 6 nitrogen and oxygen atoms in total. The lowest BCUT2D eigenvalue weighted by molar-refractivity contribution is -0.116. The Bertz CT molecular complexity index is 1080. The van der Waals surface area contributed by atoms with Gasteiger partial charge >= 0.3 is 0 Å². The molecule has 3 aromatic rings. The van der Waals surface area contributed by atoms with Gasteiger partial charge < -0.3 is 10.6 Å². The maximum atomic E-state index is 12.7. The lowest BCUT2D eigenvalue weighted by Gasteiger charge is -2.13. The molecule has 3 rings (SSSR count). The predicted octanol–water partition coefficient (Wildman–Crippen LogP) is 5.36. The van der Waals surface area contributed by atoms with Crippen molar-refractivity contribution in [2.45, 2.75) is 43.2 Å². The van der Waals surface area contributed by atoms with Crippen LogP contribution in [0.25, 0.3) is 10.2 Å². The van der Waals surface area contributed by atoms with E-state index in [0.717, 1.165) is 20.2 Å². The summed E-state index contributed by atoms with van der Waals surface area (Å²) in [6, 6.07) is 12.5. The molecular weight excluding hydrogens is 418 g/mol. The Balaban J connectivity index is 1.69. The first-order chi connectivity index (χ1) is 14.4. The Morgan fingerprint density at radius 2 is 1.73 bits per heavy atom. The molecule has 0 saturated carbocycles. The molecule has 1 aromatic heterocycles. The summed E-state index contributed by atoms with van der Waals surface area (Å²) in [4.78, 5) is 40.3. The molecule has 1 unspecified atom stereocenters. The number of rotatable bonds is 8. The highest BCUT2D eigenvalue weighted by atomic mass is 32.2. The van der Waals surface area contributed by atoms with Crippen molar-refractivity contribution in [2.75, 3.05) is 10.6 Å². The standard InChI is InChI=1S/C22H23N3O3S2/c1-4-18(21(28)24-15-8-6-14(7-9-15)13(3)26)29-22-25-17-11-10-16(12-19(17)30-22)23-20(27)5-2/h6-12,18H,4-5H2,1-3H3,(H,23,27)(H,24,28). The Labute approximate surface area is 183 Å². The van der Waals surface area contributed by atoms with E-state index in [2.05, 4.69) is 15.6 Å². The van der Waals surface area contributed by atoms with E-state index in [0.29, 0.717) is 24.1 Å². The van der Waals surface area contributed by atoms with Crippen LogP contribution in [-0.2, 0) is 9.59 Å². The highest BCUT2D eigenvalue weighted by Crippen LogP contribution is 2.34. The number of nitrogens with zero attached hydrogens (tertiary/aromatic N) is 1. The number of anilines is 2. The summed E-state index contributed by atoms with van der Waals surface area (Å²) in [7, 11) is 0. The van der Waals surface area contributed by atoms with Crippen LogP contribution in [0.2, 0.25) is 0 Å². The van der Waals surface area contributed by atoms with Crippen LogP contribution in [0.3, 0.4) is 0 Å². The topological polar surface area (TPSA) is 88.2 Å². The number of hydrogen-bond acceptors (Lipinski definition) is 6. The van der Waals surface area contributed by atoms with E-state index in [-0.39, 0.29) is 22.8 Å². The lowest BCUT2D eigenvalue weighted by Crippen LogP contribution is -2.24. The first-order valence-corrected chi connectivity index (χ1v) is 11.4. The lowest BCUT2D eigenvalue weighted by atomic mass is 10.1. The van der Waals surface area contributed by atoms with Crippen LogP contribution in [0.5, 0.6) is 0 Å². The van der Waals surface area contributed by atoms with Gasteiger partial charge in [0.15, 0.2) is 10.1 Å². The van der Waals surface area contributed by atoms with Crippen LogP contribution in [0.1, 0.15) is 44.0 Å². The van der Waals surface area contributed by atoms with Gasteiger partial charge in [0.1, 0.15) is 0 Å². The summed E-state index contributed by atoms with van der Waals surface area (Å²) in [6.07, 6.45) is 1.07. The van der Waals surface area contributed by atoms with E-state index in [1.807, 2.05) is 32.0 Å². The minimum absolute atomic E-state index is 0.0110. The van der Waals surface area contributed by atoms with Crippen molar-refractivity contribution < 1.29 is 14.4 Å². The van der Waals surface area contributed by atoms with Crippen molar-refractivity contribution in [3.8, 4) is 0 Å². The average molecular weight is 442 g/mol. The van der Waals surface area contributed by atoms with Gasteiger partial charge in [-0.3, -0.25) is 14.4 Å². The number of fused-ring (bicyclic) bond motifs is 1. The molecule has 0 saturated heterocycles. The molecular formula is C22H23N3O3S2. The number of benzene rings is 2. The summed E-state index contributed by atoms with van der Waals surface area (Å²) < 4.78 is 1.76.